The molecule has 23 heavy (non-hydrogen) atoms. The Morgan fingerprint density at radius 2 is 1.74 bits per heavy atom. The van der Waals surface area contributed by atoms with Crippen molar-refractivity contribution < 1.29 is 9.85 Å². The summed E-state index contributed by atoms with van der Waals surface area (Å²) in [7, 11) is 0. The maximum Gasteiger partial charge on any atom is 0.272 e. The van der Waals surface area contributed by atoms with Crippen LogP contribution in [0.25, 0.3) is 11.6 Å². The molecule has 0 aliphatic carbocycles. The summed E-state index contributed by atoms with van der Waals surface area (Å²) in [6.07, 6.45) is 1.51. The summed E-state index contributed by atoms with van der Waals surface area (Å²) >= 11 is 0. The first-order valence-corrected chi connectivity index (χ1v) is 6.54. The average molecular weight is 309 g/mol. The molecule has 0 aromatic heterocycles. The highest BCUT2D eigenvalue weighted by atomic mass is 16.6. The van der Waals surface area contributed by atoms with Crippen LogP contribution in [0, 0.1) is 38.5 Å². The van der Waals surface area contributed by atoms with Gasteiger partial charge >= 0.3 is 0 Å². The van der Waals surface area contributed by atoms with E-state index in [-0.39, 0.29) is 16.9 Å². The fourth-order valence-electron chi connectivity index (χ4n) is 2.02. The molecule has 0 saturated carbocycles. The number of rotatable bonds is 4. The smallest absolute Gasteiger partial charge is 0.258 e. The Kier molecular flexibility index (Phi) is 4.47. The van der Waals surface area contributed by atoms with Crippen molar-refractivity contribution >= 4 is 23.0 Å². The van der Waals surface area contributed by atoms with Gasteiger partial charge < -0.3 is 0 Å². The van der Waals surface area contributed by atoms with Gasteiger partial charge in [-0.15, -0.1) is 0 Å². The third-order valence-electron chi connectivity index (χ3n) is 3.25. The van der Waals surface area contributed by atoms with E-state index in [1.807, 2.05) is 6.07 Å². The molecule has 0 aliphatic rings. The molecule has 0 heterocycles. The normalized spacial score (nSPS) is 10.9. The van der Waals surface area contributed by atoms with Crippen LogP contribution in [-0.4, -0.2) is 9.85 Å². The fraction of sp³-hybridized carbons (Fsp3) is 0.0625. The van der Waals surface area contributed by atoms with Gasteiger partial charge in [-0.25, -0.2) is 0 Å². The summed E-state index contributed by atoms with van der Waals surface area (Å²) < 4.78 is 0. The number of nitro benzene ring substituents is 2. The van der Waals surface area contributed by atoms with Crippen molar-refractivity contribution in [1.29, 1.82) is 5.26 Å². The minimum atomic E-state index is -0.525. The zero-order valence-electron chi connectivity index (χ0n) is 12.1. The Bertz CT molecular complexity index is 849. The molecule has 2 rings (SSSR count). The molecule has 0 N–H and O–H groups in total. The number of nitro groups is 2. The Morgan fingerprint density at radius 3 is 2.26 bits per heavy atom. The van der Waals surface area contributed by atoms with Crippen LogP contribution in [0.5, 0.6) is 0 Å². The van der Waals surface area contributed by atoms with Crippen molar-refractivity contribution in [3.05, 3.63) is 79.4 Å². The summed E-state index contributed by atoms with van der Waals surface area (Å²) in [4.78, 5) is 20.6. The molecule has 0 aliphatic heterocycles. The number of non-ortho nitro benzene ring substituents is 1. The lowest BCUT2D eigenvalue weighted by Crippen LogP contribution is -1.92. The number of hydrogen-bond donors (Lipinski definition) is 0. The van der Waals surface area contributed by atoms with Crippen molar-refractivity contribution in [2.75, 3.05) is 0 Å². The van der Waals surface area contributed by atoms with E-state index >= 15 is 0 Å². The molecule has 0 fully saturated rings. The van der Waals surface area contributed by atoms with Crippen LogP contribution < -0.4 is 0 Å². The Morgan fingerprint density at radius 1 is 1.09 bits per heavy atom. The van der Waals surface area contributed by atoms with E-state index in [2.05, 4.69) is 0 Å². The minimum Gasteiger partial charge on any atom is -0.258 e. The van der Waals surface area contributed by atoms with E-state index in [9.17, 15) is 25.5 Å². The van der Waals surface area contributed by atoms with Crippen LogP contribution in [0.4, 0.5) is 11.4 Å². The van der Waals surface area contributed by atoms with E-state index in [0.29, 0.717) is 16.7 Å². The zero-order valence-corrected chi connectivity index (χ0v) is 12.1. The van der Waals surface area contributed by atoms with Gasteiger partial charge in [0.05, 0.1) is 21.5 Å². The zero-order chi connectivity index (χ0) is 17.0. The van der Waals surface area contributed by atoms with Gasteiger partial charge in [0.2, 0.25) is 0 Å². The van der Waals surface area contributed by atoms with Gasteiger partial charge in [-0.2, -0.15) is 5.26 Å². The van der Waals surface area contributed by atoms with Gasteiger partial charge in [-0.1, -0.05) is 12.1 Å². The first kappa shape index (κ1) is 15.9. The van der Waals surface area contributed by atoms with Crippen LogP contribution in [0.1, 0.15) is 16.7 Å². The SMILES string of the molecule is Cc1ccc(/C=C(/C#N)c2ccc([N+](=O)[O-])cc2)cc1[N+](=O)[O-]. The van der Waals surface area contributed by atoms with Crippen molar-refractivity contribution in [2.24, 2.45) is 0 Å². The lowest BCUT2D eigenvalue weighted by Gasteiger charge is -2.02. The minimum absolute atomic E-state index is 0.0280. The molecule has 0 spiro atoms. The predicted molar refractivity (Wildman–Crippen MR) is 84.4 cm³/mol. The summed E-state index contributed by atoms with van der Waals surface area (Å²) in [5, 5.41) is 30.9. The first-order valence-electron chi connectivity index (χ1n) is 6.54. The molecular weight excluding hydrogens is 298 g/mol. The molecular formula is C16H11N3O4. The van der Waals surface area contributed by atoms with Crippen LogP contribution in [-0.2, 0) is 0 Å². The van der Waals surface area contributed by atoms with Crippen molar-refractivity contribution in [2.45, 2.75) is 6.92 Å². The standard InChI is InChI=1S/C16H11N3O4/c1-11-2-3-12(9-16(11)19(22)23)8-14(10-17)13-4-6-15(7-5-13)18(20)21/h2-9H,1H3/b14-8-. The lowest BCUT2D eigenvalue weighted by atomic mass is 10.0. The number of hydrogen-bond acceptors (Lipinski definition) is 5. The molecule has 2 aromatic rings. The third kappa shape index (κ3) is 3.57. The molecule has 114 valence electrons. The molecule has 7 heteroatoms. The summed E-state index contributed by atoms with van der Waals surface area (Å²) in [5.41, 5.74) is 1.70. The van der Waals surface area contributed by atoms with E-state index in [4.69, 9.17) is 0 Å². The molecule has 2 aromatic carbocycles. The molecule has 0 atom stereocenters. The van der Waals surface area contributed by atoms with Crippen LogP contribution in [0.15, 0.2) is 42.5 Å². The molecule has 0 amide bonds. The van der Waals surface area contributed by atoms with Crippen molar-refractivity contribution in [3.8, 4) is 6.07 Å². The predicted octanol–water partition coefficient (Wildman–Crippen LogP) is 3.88. The fourth-order valence-corrected chi connectivity index (χ4v) is 2.02. The highest BCUT2D eigenvalue weighted by Gasteiger charge is 2.11. The number of aryl methyl sites for hydroxylation is 1. The number of allylic oxidation sites excluding steroid dienone is 1. The summed E-state index contributed by atoms with van der Waals surface area (Å²) in [6, 6.07) is 12.2. The number of benzene rings is 2. The van der Waals surface area contributed by atoms with Crippen LogP contribution in [0.3, 0.4) is 0 Å². The first-order chi connectivity index (χ1) is 10.9. The number of nitrogens with zero attached hydrogens (tertiary/aromatic N) is 3. The largest absolute Gasteiger partial charge is 0.272 e. The van der Waals surface area contributed by atoms with E-state index in [1.54, 1.807) is 19.1 Å². The van der Waals surface area contributed by atoms with Gasteiger partial charge in [0, 0.05) is 23.8 Å². The van der Waals surface area contributed by atoms with E-state index in [0.717, 1.165) is 0 Å². The highest BCUT2D eigenvalue weighted by Crippen LogP contribution is 2.24. The van der Waals surface area contributed by atoms with Gasteiger partial charge in [0.15, 0.2) is 0 Å². The van der Waals surface area contributed by atoms with Crippen molar-refractivity contribution in [1.82, 2.24) is 0 Å². The summed E-state index contributed by atoms with van der Waals surface area (Å²) in [6.45, 7) is 1.63. The van der Waals surface area contributed by atoms with Gasteiger partial charge in [0.1, 0.15) is 0 Å². The number of nitriles is 1. The molecule has 0 unspecified atom stereocenters. The van der Waals surface area contributed by atoms with E-state index in [1.165, 1.54) is 36.4 Å². The van der Waals surface area contributed by atoms with E-state index < -0.39 is 9.85 Å². The van der Waals surface area contributed by atoms with Crippen LogP contribution >= 0.6 is 0 Å². The molecule has 0 bridgehead atoms. The Balaban J connectivity index is 2.43. The highest BCUT2D eigenvalue weighted by molar-refractivity contribution is 5.90. The maximum absolute atomic E-state index is 11.0. The van der Waals surface area contributed by atoms with Crippen molar-refractivity contribution in [3.63, 3.8) is 0 Å². The van der Waals surface area contributed by atoms with Gasteiger partial charge in [-0.3, -0.25) is 20.2 Å². The molecule has 7 nitrogen and oxygen atoms in total. The second-order valence-corrected chi connectivity index (χ2v) is 4.78. The monoisotopic (exact) mass is 309 g/mol. The maximum atomic E-state index is 11.0. The Labute approximate surface area is 131 Å². The lowest BCUT2D eigenvalue weighted by molar-refractivity contribution is -0.385. The van der Waals surface area contributed by atoms with Crippen LogP contribution in [0.2, 0.25) is 0 Å². The topological polar surface area (TPSA) is 110 Å². The summed E-state index contributed by atoms with van der Waals surface area (Å²) in [5.74, 6) is 0. The second kappa shape index (κ2) is 6.49. The average Bonchev–Trinajstić information content (AvgIpc) is 2.54. The third-order valence-corrected chi connectivity index (χ3v) is 3.25. The Hall–Kier alpha value is -3.53. The van der Waals surface area contributed by atoms with Gasteiger partial charge in [0.25, 0.3) is 11.4 Å². The molecule has 0 radical (unpaired) electrons. The molecule has 0 saturated heterocycles. The van der Waals surface area contributed by atoms with Gasteiger partial charge in [-0.05, 0) is 36.3 Å². The second-order valence-electron chi connectivity index (χ2n) is 4.78. The quantitative estimate of drug-likeness (QED) is 0.368.